The van der Waals surface area contributed by atoms with Gasteiger partial charge in [-0.05, 0) is 38.0 Å². The van der Waals surface area contributed by atoms with Gasteiger partial charge in [0.25, 0.3) is 0 Å². The monoisotopic (exact) mass is 318 g/mol. The number of nitrogens with zero attached hydrogens (tertiary/aromatic N) is 4. The lowest BCUT2D eigenvalue weighted by molar-refractivity contribution is -0.146. The SMILES string of the molecule is CC(C)C[C@H]1c2nc(C3CC3)nn2CCN1C(=O)C1CC(O)C1. The highest BCUT2D eigenvalue weighted by Crippen LogP contribution is 2.41. The average molecular weight is 318 g/mol. The van der Waals surface area contributed by atoms with Crippen LogP contribution in [0.4, 0.5) is 0 Å². The van der Waals surface area contributed by atoms with Crippen molar-refractivity contribution in [2.75, 3.05) is 6.54 Å². The van der Waals surface area contributed by atoms with Crippen molar-refractivity contribution in [3.05, 3.63) is 11.6 Å². The Morgan fingerprint density at radius 3 is 2.65 bits per heavy atom. The molecule has 1 N–H and O–H groups in total. The molecule has 2 saturated carbocycles. The summed E-state index contributed by atoms with van der Waals surface area (Å²) in [6, 6.07) is 0.0361. The summed E-state index contributed by atoms with van der Waals surface area (Å²) >= 11 is 0. The van der Waals surface area contributed by atoms with Gasteiger partial charge in [-0.3, -0.25) is 4.79 Å². The van der Waals surface area contributed by atoms with Gasteiger partial charge in [0.05, 0.1) is 18.7 Å². The van der Waals surface area contributed by atoms with E-state index in [-0.39, 0.29) is 24.0 Å². The fraction of sp³-hybridized carbons (Fsp3) is 0.824. The molecular weight excluding hydrogens is 292 g/mol. The van der Waals surface area contributed by atoms with E-state index in [1.165, 1.54) is 12.8 Å². The molecule has 126 valence electrons. The molecule has 6 heteroatoms. The Morgan fingerprint density at radius 1 is 1.30 bits per heavy atom. The average Bonchev–Trinajstić information content (AvgIpc) is 3.22. The molecule has 0 radical (unpaired) electrons. The van der Waals surface area contributed by atoms with Crippen LogP contribution in [0.5, 0.6) is 0 Å². The van der Waals surface area contributed by atoms with Crippen molar-refractivity contribution in [2.24, 2.45) is 11.8 Å². The van der Waals surface area contributed by atoms with Crippen LogP contribution < -0.4 is 0 Å². The van der Waals surface area contributed by atoms with Crippen LogP contribution in [0.15, 0.2) is 0 Å². The summed E-state index contributed by atoms with van der Waals surface area (Å²) < 4.78 is 2.03. The number of fused-ring (bicyclic) bond motifs is 1. The highest BCUT2D eigenvalue weighted by atomic mass is 16.3. The van der Waals surface area contributed by atoms with Crippen LogP contribution >= 0.6 is 0 Å². The van der Waals surface area contributed by atoms with Gasteiger partial charge in [0.1, 0.15) is 5.82 Å². The van der Waals surface area contributed by atoms with E-state index < -0.39 is 0 Å². The van der Waals surface area contributed by atoms with Crippen LogP contribution in [0.3, 0.4) is 0 Å². The topological polar surface area (TPSA) is 71.2 Å². The highest BCUT2D eigenvalue weighted by Gasteiger charge is 2.42. The number of aromatic nitrogens is 3. The molecule has 2 aliphatic carbocycles. The third-order valence-corrected chi connectivity index (χ3v) is 5.33. The largest absolute Gasteiger partial charge is 0.393 e. The van der Waals surface area contributed by atoms with Gasteiger partial charge in [0.15, 0.2) is 5.82 Å². The Bertz CT molecular complexity index is 602. The molecule has 2 heterocycles. The quantitative estimate of drug-likeness (QED) is 0.920. The third kappa shape index (κ3) is 2.77. The zero-order valence-electron chi connectivity index (χ0n) is 14.0. The number of hydrogen-bond donors (Lipinski definition) is 1. The van der Waals surface area contributed by atoms with Gasteiger partial charge in [0.2, 0.25) is 5.91 Å². The van der Waals surface area contributed by atoms with Crippen molar-refractivity contribution in [2.45, 2.75) is 70.6 Å². The molecule has 0 bridgehead atoms. The second kappa shape index (κ2) is 5.58. The fourth-order valence-corrected chi connectivity index (χ4v) is 3.76. The maximum atomic E-state index is 12.8. The minimum absolute atomic E-state index is 0.00274. The second-order valence-electron chi connectivity index (χ2n) is 7.82. The molecule has 1 atom stereocenters. The fourth-order valence-electron chi connectivity index (χ4n) is 3.76. The summed E-state index contributed by atoms with van der Waals surface area (Å²) in [4.78, 5) is 19.7. The smallest absolute Gasteiger partial charge is 0.226 e. The molecule has 1 aromatic rings. The summed E-state index contributed by atoms with van der Waals surface area (Å²) in [5.74, 6) is 3.18. The van der Waals surface area contributed by atoms with Crippen molar-refractivity contribution in [3.8, 4) is 0 Å². The first-order valence-corrected chi connectivity index (χ1v) is 8.96. The molecule has 3 aliphatic rings. The predicted molar refractivity (Wildman–Crippen MR) is 84.6 cm³/mol. The molecular formula is C17H26N4O2. The van der Waals surface area contributed by atoms with E-state index in [1.807, 2.05) is 9.58 Å². The van der Waals surface area contributed by atoms with Crippen molar-refractivity contribution >= 4 is 5.91 Å². The molecule has 1 aromatic heterocycles. The maximum absolute atomic E-state index is 12.8. The van der Waals surface area contributed by atoms with Gasteiger partial charge in [-0.1, -0.05) is 13.8 Å². The number of rotatable bonds is 4. The molecule has 1 amide bonds. The van der Waals surface area contributed by atoms with E-state index in [0.717, 1.165) is 24.6 Å². The summed E-state index contributed by atoms with van der Waals surface area (Å²) in [5.41, 5.74) is 0. The molecule has 0 spiro atoms. The number of hydrogen-bond acceptors (Lipinski definition) is 4. The predicted octanol–water partition coefficient (Wildman–Crippen LogP) is 1.86. The third-order valence-electron chi connectivity index (χ3n) is 5.33. The zero-order valence-corrected chi connectivity index (χ0v) is 14.0. The van der Waals surface area contributed by atoms with E-state index in [9.17, 15) is 9.90 Å². The van der Waals surface area contributed by atoms with Crippen molar-refractivity contribution in [3.63, 3.8) is 0 Å². The summed E-state index contributed by atoms with van der Waals surface area (Å²) in [7, 11) is 0. The van der Waals surface area contributed by atoms with Gasteiger partial charge >= 0.3 is 0 Å². The van der Waals surface area contributed by atoms with Gasteiger partial charge in [-0.15, -0.1) is 0 Å². The molecule has 0 aromatic carbocycles. The first-order chi connectivity index (χ1) is 11.0. The Balaban J connectivity index is 1.59. The van der Waals surface area contributed by atoms with E-state index in [4.69, 9.17) is 4.98 Å². The van der Waals surface area contributed by atoms with Gasteiger partial charge < -0.3 is 10.0 Å². The molecule has 4 rings (SSSR count). The number of aliphatic hydroxyl groups excluding tert-OH is 1. The van der Waals surface area contributed by atoms with Crippen molar-refractivity contribution < 1.29 is 9.90 Å². The highest BCUT2D eigenvalue weighted by molar-refractivity contribution is 5.80. The Morgan fingerprint density at radius 2 is 2.04 bits per heavy atom. The van der Waals surface area contributed by atoms with Gasteiger partial charge in [-0.2, -0.15) is 5.10 Å². The van der Waals surface area contributed by atoms with E-state index in [2.05, 4.69) is 18.9 Å². The lowest BCUT2D eigenvalue weighted by Crippen LogP contribution is -2.49. The first-order valence-electron chi connectivity index (χ1n) is 8.96. The lowest BCUT2D eigenvalue weighted by atomic mass is 9.81. The zero-order chi connectivity index (χ0) is 16.1. The Kier molecular flexibility index (Phi) is 3.67. The van der Waals surface area contributed by atoms with Crippen LogP contribution in [-0.4, -0.2) is 43.3 Å². The van der Waals surface area contributed by atoms with Crippen LogP contribution in [0.25, 0.3) is 0 Å². The number of amides is 1. The van der Waals surface area contributed by atoms with Gasteiger partial charge in [-0.25, -0.2) is 9.67 Å². The maximum Gasteiger partial charge on any atom is 0.226 e. The minimum atomic E-state index is -0.289. The summed E-state index contributed by atoms with van der Waals surface area (Å²) in [5, 5.41) is 14.2. The van der Waals surface area contributed by atoms with Crippen LogP contribution in [0.1, 0.15) is 69.6 Å². The van der Waals surface area contributed by atoms with Crippen molar-refractivity contribution in [1.82, 2.24) is 19.7 Å². The van der Waals surface area contributed by atoms with Crippen LogP contribution in [-0.2, 0) is 11.3 Å². The second-order valence-corrected chi connectivity index (χ2v) is 7.82. The Labute approximate surface area is 136 Å². The van der Waals surface area contributed by atoms with Crippen LogP contribution in [0, 0.1) is 11.8 Å². The molecule has 0 unspecified atom stereocenters. The van der Waals surface area contributed by atoms with E-state index in [1.54, 1.807) is 0 Å². The number of carbonyl (C=O) groups is 1. The van der Waals surface area contributed by atoms with Gasteiger partial charge in [0, 0.05) is 18.4 Å². The van der Waals surface area contributed by atoms with Crippen LogP contribution in [0.2, 0.25) is 0 Å². The summed E-state index contributed by atoms with van der Waals surface area (Å²) in [6.45, 7) is 5.83. The molecule has 0 saturated heterocycles. The number of aliphatic hydroxyl groups is 1. The molecule has 6 nitrogen and oxygen atoms in total. The minimum Gasteiger partial charge on any atom is -0.393 e. The van der Waals surface area contributed by atoms with Crippen molar-refractivity contribution in [1.29, 1.82) is 0 Å². The molecule has 2 fully saturated rings. The first kappa shape index (κ1) is 15.1. The lowest BCUT2D eigenvalue weighted by Gasteiger charge is -2.41. The molecule has 23 heavy (non-hydrogen) atoms. The summed E-state index contributed by atoms with van der Waals surface area (Å²) in [6.07, 6.45) is 4.25. The molecule has 1 aliphatic heterocycles. The normalized spacial score (nSPS) is 30.3. The Hall–Kier alpha value is -1.43. The standard InChI is InChI=1S/C17H26N4O2/c1-10(2)7-14-16-18-15(11-3-4-11)19-21(16)6-5-20(14)17(23)12-8-13(22)9-12/h10-14,22H,3-9H2,1-2H3/t12?,13?,14-/m0/s1. The van der Waals surface area contributed by atoms with E-state index in [0.29, 0.717) is 31.2 Å². The number of carbonyl (C=O) groups excluding carboxylic acids is 1. The van der Waals surface area contributed by atoms with E-state index >= 15 is 0 Å².